The monoisotopic (exact) mass is 212 g/mol. The molecular weight excluding hydrogens is 196 g/mol. The van der Waals surface area contributed by atoms with E-state index >= 15 is 0 Å². The van der Waals surface area contributed by atoms with Gasteiger partial charge in [-0.05, 0) is 50.4 Å². The lowest BCUT2D eigenvalue weighted by Crippen LogP contribution is -2.56. The highest BCUT2D eigenvalue weighted by molar-refractivity contribution is 7.81. The third-order valence-corrected chi connectivity index (χ3v) is 5.01. The number of aliphatic carboxylic acids is 1. The molecule has 4 bridgehead atoms. The van der Waals surface area contributed by atoms with Crippen molar-refractivity contribution in [2.45, 2.75) is 43.3 Å². The molecule has 2 unspecified atom stereocenters. The minimum atomic E-state index is -0.565. The summed E-state index contributed by atoms with van der Waals surface area (Å²) >= 11 is 4.74. The molecule has 0 heterocycles. The topological polar surface area (TPSA) is 37.3 Å². The second-order valence-corrected chi connectivity index (χ2v) is 6.72. The molecule has 0 aromatic carbocycles. The van der Waals surface area contributed by atoms with Crippen LogP contribution in [0.15, 0.2) is 0 Å². The summed E-state index contributed by atoms with van der Waals surface area (Å²) < 4.78 is 0.0580. The molecule has 0 aromatic heterocycles. The molecule has 4 aliphatic rings. The van der Waals surface area contributed by atoms with Crippen LogP contribution < -0.4 is 0 Å². The summed E-state index contributed by atoms with van der Waals surface area (Å²) in [5, 5.41) is 9.36. The molecule has 0 spiro atoms. The zero-order valence-electron chi connectivity index (χ0n) is 8.20. The maximum absolute atomic E-state index is 11.4. The lowest BCUT2D eigenvalue weighted by Gasteiger charge is -2.58. The van der Waals surface area contributed by atoms with Crippen molar-refractivity contribution in [2.24, 2.45) is 17.3 Å². The summed E-state index contributed by atoms with van der Waals surface area (Å²) in [6.45, 7) is 0. The third kappa shape index (κ3) is 1.08. The Kier molecular flexibility index (Phi) is 1.61. The lowest BCUT2D eigenvalue weighted by molar-refractivity contribution is -0.162. The summed E-state index contributed by atoms with van der Waals surface area (Å²) in [5.41, 5.74) is -0.397. The van der Waals surface area contributed by atoms with E-state index < -0.39 is 11.4 Å². The number of carbonyl (C=O) groups is 1. The van der Waals surface area contributed by atoms with Gasteiger partial charge in [-0.2, -0.15) is 12.6 Å². The van der Waals surface area contributed by atoms with Crippen molar-refractivity contribution < 1.29 is 9.90 Å². The quantitative estimate of drug-likeness (QED) is 0.655. The van der Waals surface area contributed by atoms with Crippen LogP contribution in [0.3, 0.4) is 0 Å². The van der Waals surface area contributed by atoms with E-state index in [1.54, 1.807) is 0 Å². The molecule has 0 aromatic rings. The van der Waals surface area contributed by atoms with E-state index in [1.165, 1.54) is 6.42 Å². The highest BCUT2D eigenvalue weighted by atomic mass is 32.1. The van der Waals surface area contributed by atoms with Gasteiger partial charge >= 0.3 is 5.97 Å². The van der Waals surface area contributed by atoms with Gasteiger partial charge in [0, 0.05) is 4.75 Å². The standard InChI is InChI=1S/C11H16O2S/c12-9(13)10-2-7-1-8(3-10)5-11(14,4-7)6-10/h7-8,14H,1-6H2,(H,12,13). The summed E-state index contributed by atoms with van der Waals surface area (Å²) in [5.74, 6) is 0.722. The van der Waals surface area contributed by atoms with Crippen LogP contribution in [-0.2, 0) is 4.79 Å². The number of carboxylic acid groups (broad SMARTS) is 1. The van der Waals surface area contributed by atoms with Crippen molar-refractivity contribution in [1.82, 2.24) is 0 Å². The highest BCUT2D eigenvalue weighted by Gasteiger charge is 2.59. The van der Waals surface area contributed by atoms with Gasteiger partial charge in [-0.1, -0.05) is 0 Å². The van der Waals surface area contributed by atoms with Crippen LogP contribution in [-0.4, -0.2) is 15.8 Å². The minimum absolute atomic E-state index is 0.0580. The molecular formula is C11H16O2S. The second-order valence-electron chi connectivity index (χ2n) is 5.77. The first-order chi connectivity index (χ1) is 6.51. The number of hydrogen-bond acceptors (Lipinski definition) is 2. The van der Waals surface area contributed by atoms with E-state index in [9.17, 15) is 9.90 Å². The normalized spacial score (nSPS) is 54.9. The van der Waals surface area contributed by atoms with Gasteiger partial charge in [0.05, 0.1) is 5.41 Å². The first kappa shape index (κ1) is 9.08. The molecule has 3 heteroatoms. The zero-order chi connectivity index (χ0) is 9.97. The first-order valence-corrected chi connectivity index (χ1v) is 5.92. The molecule has 4 aliphatic carbocycles. The number of hydrogen-bond donors (Lipinski definition) is 2. The van der Waals surface area contributed by atoms with E-state index in [2.05, 4.69) is 0 Å². The van der Waals surface area contributed by atoms with Gasteiger partial charge in [0.25, 0.3) is 0 Å². The molecule has 4 saturated carbocycles. The van der Waals surface area contributed by atoms with E-state index in [0.717, 1.165) is 32.1 Å². The Morgan fingerprint density at radius 1 is 1.21 bits per heavy atom. The Morgan fingerprint density at radius 2 is 1.79 bits per heavy atom. The summed E-state index contributed by atoms with van der Waals surface area (Å²) in [6.07, 6.45) is 6.22. The molecule has 4 rings (SSSR count). The molecule has 2 nitrogen and oxygen atoms in total. The largest absolute Gasteiger partial charge is 0.481 e. The van der Waals surface area contributed by atoms with Crippen LogP contribution in [0.1, 0.15) is 38.5 Å². The average Bonchev–Trinajstić information content (AvgIpc) is 1.98. The summed E-state index contributed by atoms with van der Waals surface area (Å²) in [4.78, 5) is 11.4. The number of thiol groups is 1. The fraction of sp³-hybridized carbons (Fsp3) is 0.909. The third-order valence-electron chi connectivity index (χ3n) is 4.48. The Hall–Kier alpha value is -0.180. The smallest absolute Gasteiger partial charge is 0.309 e. The Labute approximate surface area is 89.5 Å². The fourth-order valence-electron chi connectivity index (χ4n) is 4.46. The molecule has 1 N–H and O–H groups in total. The number of rotatable bonds is 1. The van der Waals surface area contributed by atoms with Crippen LogP contribution in [0.5, 0.6) is 0 Å². The van der Waals surface area contributed by atoms with Crippen molar-refractivity contribution in [3.63, 3.8) is 0 Å². The Balaban J connectivity index is 2.00. The predicted octanol–water partition coefficient (Wildman–Crippen LogP) is 2.34. The van der Waals surface area contributed by atoms with Gasteiger partial charge in [-0.3, -0.25) is 4.79 Å². The Morgan fingerprint density at radius 3 is 2.21 bits per heavy atom. The van der Waals surface area contributed by atoms with Crippen molar-refractivity contribution in [3.8, 4) is 0 Å². The van der Waals surface area contributed by atoms with Crippen LogP contribution in [0.4, 0.5) is 0 Å². The van der Waals surface area contributed by atoms with Gasteiger partial charge < -0.3 is 5.11 Å². The molecule has 0 radical (unpaired) electrons. The van der Waals surface area contributed by atoms with Crippen LogP contribution >= 0.6 is 12.6 Å². The Bertz CT molecular complexity index is 286. The number of carboxylic acids is 1. The molecule has 4 fully saturated rings. The summed E-state index contributed by atoms with van der Waals surface area (Å²) in [7, 11) is 0. The van der Waals surface area contributed by atoms with Crippen molar-refractivity contribution >= 4 is 18.6 Å². The van der Waals surface area contributed by atoms with E-state index in [0.29, 0.717) is 11.8 Å². The van der Waals surface area contributed by atoms with Crippen molar-refractivity contribution in [2.75, 3.05) is 0 Å². The van der Waals surface area contributed by atoms with Gasteiger partial charge in [0.15, 0.2) is 0 Å². The van der Waals surface area contributed by atoms with Gasteiger partial charge in [-0.25, -0.2) is 0 Å². The minimum Gasteiger partial charge on any atom is -0.481 e. The molecule has 0 amide bonds. The molecule has 2 atom stereocenters. The summed E-state index contributed by atoms with van der Waals surface area (Å²) in [6, 6.07) is 0. The maximum Gasteiger partial charge on any atom is 0.309 e. The predicted molar refractivity (Wildman–Crippen MR) is 56.5 cm³/mol. The molecule has 14 heavy (non-hydrogen) atoms. The van der Waals surface area contributed by atoms with Crippen molar-refractivity contribution in [1.29, 1.82) is 0 Å². The first-order valence-electron chi connectivity index (χ1n) is 5.47. The van der Waals surface area contributed by atoms with E-state index in [4.69, 9.17) is 12.6 Å². The van der Waals surface area contributed by atoms with E-state index in [-0.39, 0.29) is 4.75 Å². The van der Waals surface area contributed by atoms with Crippen LogP contribution in [0, 0.1) is 17.3 Å². The maximum atomic E-state index is 11.4. The van der Waals surface area contributed by atoms with Crippen molar-refractivity contribution in [3.05, 3.63) is 0 Å². The molecule has 0 aliphatic heterocycles. The highest BCUT2D eigenvalue weighted by Crippen LogP contribution is 2.63. The molecule has 0 saturated heterocycles. The van der Waals surface area contributed by atoms with E-state index in [1.807, 2.05) is 0 Å². The zero-order valence-corrected chi connectivity index (χ0v) is 9.09. The van der Waals surface area contributed by atoms with Gasteiger partial charge in [0.1, 0.15) is 0 Å². The van der Waals surface area contributed by atoms with Crippen LogP contribution in [0.2, 0.25) is 0 Å². The SMILES string of the molecule is O=C(O)C12CC3CC(CC(S)(C3)C1)C2. The van der Waals surface area contributed by atoms with Crippen LogP contribution in [0.25, 0.3) is 0 Å². The van der Waals surface area contributed by atoms with Gasteiger partial charge in [0.2, 0.25) is 0 Å². The molecule has 78 valence electrons. The fourth-order valence-corrected chi connectivity index (χ4v) is 5.28. The average molecular weight is 212 g/mol. The second kappa shape index (κ2) is 2.49. The lowest BCUT2D eigenvalue weighted by atomic mass is 9.49. The van der Waals surface area contributed by atoms with Gasteiger partial charge in [-0.15, -0.1) is 0 Å².